The van der Waals surface area contributed by atoms with Crippen molar-refractivity contribution in [3.05, 3.63) is 24.3 Å². The molecule has 0 bridgehead atoms. The first-order valence-corrected chi connectivity index (χ1v) is 5.08. The summed E-state index contributed by atoms with van der Waals surface area (Å²) in [6.45, 7) is 0. The number of nitrogens with zero attached hydrogens (tertiary/aromatic N) is 1. The number of para-hydroxylation sites is 1. The van der Waals surface area contributed by atoms with Crippen molar-refractivity contribution in [1.29, 1.82) is 0 Å². The Labute approximate surface area is 92.2 Å². The van der Waals surface area contributed by atoms with E-state index in [1.807, 2.05) is 25.2 Å². The third kappa shape index (κ3) is 1.16. The molecular formula is C10H10N4S. The van der Waals surface area contributed by atoms with Crippen molar-refractivity contribution >= 4 is 39.7 Å². The Kier molecular flexibility index (Phi) is 1.63. The van der Waals surface area contributed by atoms with Crippen LogP contribution >= 0.6 is 12.2 Å². The van der Waals surface area contributed by atoms with Crippen LogP contribution in [0.5, 0.6) is 0 Å². The van der Waals surface area contributed by atoms with Crippen molar-refractivity contribution in [2.24, 2.45) is 0 Å². The molecule has 0 saturated carbocycles. The summed E-state index contributed by atoms with van der Waals surface area (Å²) in [6.07, 6.45) is 0. The summed E-state index contributed by atoms with van der Waals surface area (Å²) in [7, 11) is 1.89. The highest BCUT2D eigenvalue weighted by molar-refractivity contribution is 7.80. The molecular weight excluding hydrogens is 208 g/mol. The van der Waals surface area contributed by atoms with Gasteiger partial charge in [-0.15, -0.1) is 0 Å². The lowest BCUT2D eigenvalue weighted by molar-refractivity contribution is 0.614. The smallest absolute Gasteiger partial charge is 0.193 e. The number of hydrogen-bond acceptors (Lipinski definition) is 2. The van der Waals surface area contributed by atoms with E-state index in [1.54, 1.807) is 5.01 Å². The number of H-pyrrole nitrogens is 1. The number of fused-ring (bicyclic) bond motifs is 3. The molecule has 1 aliphatic rings. The minimum Gasteiger partial charge on any atom is -0.339 e. The van der Waals surface area contributed by atoms with Crippen LogP contribution in [0.3, 0.4) is 0 Å². The standard InChI is InChI=1S/C10H10N4S/c1-14-10(15)12-9-8(13-14)6-4-2-3-5-7(6)11-9/h2-5,11,13H,1H3,(H,12,15). The minimum atomic E-state index is 0.661. The highest BCUT2D eigenvalue weighted by atomic mass is 32.1. The Hall–Kier alpha value is -1.75. The zero-order valence-corrected chi connectivity index (χ0v) is 8.98. The van der Waals surface area contributed by atoms with Crippen molar-refractivity contribution in [3.63, 3.8) is 0 Å². The van der Waals surface area contributed by atoms with Gasteiger partial charge in [0.15, 0.2) is 5.11 Å². The molecule has 15 heavy (non-hydrogen) atoms. The fourth-order valence-electron chi connectivity index (χ4n) is 1.76. The summed E-state index contributed by atoms with van der Waals surface area (Å²) in [5.41, 5.74) is 5.37. The summed E-state index contributed by atoms with van der Waals surface area (Å²) >= 11 is 5.14. The predicted molar refractivity (Wildman–Crippen MR) is 65.9 cm³/mol. The molecule has 0 fully saturated rings. The first-order valence-electron chi connectivity index (χ1n) is 4.68. The molecule has 0 spiro atoms. The van der Waals surface area contributed by atoms with Gasteiger partial charge in [-0.2, -0.15) is 0 Å². The summed E-state index contributed by atoms with van der Waals surface area (Å²) < 4.78 is 0. The Morgan fingerprint density at radius 1 is 1.27 bits per heavy atom. The molecule has 2 aromatic rings. The van der Waals surface area contributed by atoms with Gasteiger partial charge in [-0.3, -0.25) is 10.4 Å². The van der Waals surface area contributed by atoms with Crippen LogP contribution in [-0.2, 0) is 0 Å². The van der Waals surface area contributed by atoms with Crippen molar-refractivity contribution < 1.29 is 0 Å². The lowest BCUT2D eigenvalue weighted by Gasteiger charge is -2.27. The van der Waals surface area contributed by atoms with E-state index in [1.165, 1.54) is 0 Å². The van der Waals surface area contributed by atoms with Crippen LogP contribution in [0.2, 0.25) is 0 Å². The number of thiocarbonyl (C=S) groups is 1. The van der Waals surface area contributed by atoms with Crippen LogP contribution in [0, 0.1) is 0 Å². The van der Waals surface area contributed by atoms with Crippen LogP contribution in [0.1, 0.15) is 0 Å². The molecule has 4 nitrogen and oxygen atoms in total. The zero-order chi connectivity index (χ0) is 10.4. The van der Waals surface area contributed by atoms with Crippen molar-refractivity contribution in [3.8, 4) is 0 Å². The van der Waals surface area contributed by atoms with Crippen LogP contribution in [0.25, 0.3) is 10.9 Å². The largest absolute Gasteiger partial charge is 0.339 e. The fraction of sp³-hybridized carbons (Fsp3) is 0.100. The molecule has 0 unspecified atom stereocenters. The second kappa shape index (κ2) is 2.87. The van der Waals surface area contributed by atoms with E-state index in [4.69, 9.17) is 12.2 Å². The van der Waals surface area contributed by atoms with Gasteiger partial charge in [0.05, 0.1) is 0 Å². The van der Waals surface area contributed by atoms with Crippen LogP contribution in [-0.4, -0.2) is 22.2 Å². The van der Waals surface area contributed by atoms with E-state index >= 15 is 0 Å². The molecule has 2 heterocycles. The van der Waals surface area contributed by atoms with Crippen molar-refractivity contribution in [1.82, 2.24) is 9.99 Å². The predicted octanol–water partition coefficient (Wildman–Crippen LogP) is 2.14. The lowest BCUT2D eigenvalue weighted by Crippen LogP contribution is -2.39. The van der Waals surface area contributed by atoms with Gasteiger partial charge < -0.3 is 10.3 Å². The second-order valence-corrected chi connectivity index (χ2v) is 3.91. The number of hydrogen-bond donors (Lipinski definition) is 3. The van der Waals surface area contributed by atoms with Crippen molar-refractivity contribution in [2.45, 2.75) is 0 Å². The molecule has 0 radical (unpaired) electrons. The number of benzene rings is 1. The maximum Gasteiger partial charge on any atom is 0.193 e. The normalized spacial score (nSPS) is 14.7. The molecule has 0 saturated heterocycles. The Morgan fingerprint density at radius 3 is 2.93 bits per heavy atom. The number of anilines is 2. The van der Waals surface area contributed by atoms with Gasteiger partial charge >= 0.3 is 0 Å². The second-order valence-electron chi connectivity index (χ2n) is 3.52. The SMILES string of the molecule is CN1Nc2c([nH]c3ccccc23)NC1=S. The molecule has 76 valence electrons. The Balaban J connectivity index is 2.25. The molecule has 1 aromatic heterocycles. The number of aromatic nitrogens is 1. The zero-order valence-electron chi connectivity index (χ0n) is 8.16. The van der Waals surface area contributed by atoms with E-state index < -0.39 is 0 Å². The fourth-order valence-corrected chi connectivity index (χ4v) is 1.91. The van der Waals surface area contributed by atoms with Crippen LogP contribution in [0.15, 0.2) is 24.3 Å². The molecule has 3 rings (SSSR count). The molecule has 0 aliphatic carbocycles. The monoisotopic (exact) mass is 218 g/mol. The van der Waals surface area contributed by atoms with E-state index in [0.717, 1.165) is 22.4 Å². The number of aromatic amines is 1. The van der Waals surface area contributed by atoms with E-state index in [2.05, 4.69) is 21.8 Å². The van der Waals surface area contributed by atoms with Crippen LogP contribution < -0.4 is 10.7 Å². The summed E-state index contributed by atoms with van der Waals surface area (Å²) in [5, 5.41) is 6.75. The van der Waals surface area contributed by atoms with Gasteiger partial charge in [-0.05, 0) is 18.3 Å². The highest BCUT2D eigenvalue weighted by Crippen LogP contribution is 2.33. The van der Waals surface area contributed by atoms with Gasteiger partial charge in [0, 0.05) is 18.0 Å². The number of rotatable bonds is 0. The Morgan fingerprint density at radius 2 is 2.07 bits per heavy atom. The average molecular weight is 218 g/mol. The first kappa shape index (κ1) is 8.55. The van der Waals surface area contributed by atoms with Crippen LogP contribution in [0.4, 0.5) is 11.5 Å². The summed E-state index contributed by atoms with van der Waals surface area (Å²) in [6, 6.07) is 8.14. The molecule has 3 N–H and O–H groups in total. The molecule has 1 aliphatic heterocycles. The molecule has 5 heteroatoms. The maximum atomic E-state index is 5.14. The molecule has 1 aromatic carbocycles. The van der Waals surface area contributed by atoms with Gasteiger partial charge in [0.2, 0.25) is 0 Å². The highest BCUT2D eigenvalue weighted by Gasteiger charge is 2.19. The molecule has 0 amide bonds. The van der Waals surface area contributed by atoms with Gasteiger partial charge in [0.25, 0.3) is 0 Å². The summed E-state index contributed by atoms with van der Waals surface area (Å²) in [4.78, 5) is 3.28. The molecule has 0 atom stereocenters. The minimum absolute atomic E-state index is 0.661. The van der Waals surface area contributed by atoms with Crippen molar-refractivity contribution in [2.75, 3.05) is 17.8 Å². The van der Waals surface area contributed by atoms with Gasteiger partial charge in [-0.25, -0.2) is 0 Å². The third-order valence-electron chi connectivity index (χ3n) is 2.52. The van der Waals surface area contributed by atoms with Gasteiger partial charge in [-0.1, -0.05) is 18.2 Å². The van der Waals surface area contributed by atoms with E-state index in [-0.39, 0.29) is 0 Å². The average Bonchev–Trinajstić information content (AvgIpc) is 2.57. The summed E-state index contributed by atoms with van der Waals surface area (Å²) in [5.74, 6) is 0.930. The maximum absolute atomic E-state index is 5.14. The Bertz CT molecular complexity index is 545. The lowest BCUT2D eigenvalue weighted by atomic mass is 10.2. The van der Waals surface area contributed by atoms with E-state index in [9.17, 15) is 0 Å². The quantitative estimate of drug-likeness (QED) is 0.593. The van der Waals surface area contributed by atoms with E-state index in [0.29, 0.717) is 5.11 Å². The number of hydrazine groups is 1. The number of nitrogens with one attached hydrogen (secondary N) is 3. The van der Waals surface area contributed by atoms with Gasteiger partial charge in [0.1, 0.15) is 11.5 Å². The topological polar surface area (TPSA) is 43.1 Å². The third-order valence-corrected chi connectivity index (χ3v) is 2.90. The first-order chi connectivity index (χ1) is 7.25.